The molecule has 33 heavy (non-hydrogen) atoms. The summed E-state index contributed by atoms with van der Waals surface area (Å²) in [5, 5.41) is 1.01. The molecular formula is C22H21ClF3N3O3S. The molecule has 176 valence electrons. The summed E-state index contributed by atoms with van der Waals surface area (Å²) in [6.45, 7) is 3.87. The van der Waals surface area contributed by atoms with Gasteiger partial charge in [0.1, 0.15) is 5.75 Å². The number of nitrogens with zero attached hydrogens (tertiary/aromatic N) is 3. The Morgan fingerprint density at radius 2 is 1.91 bits per heavy atom. The number of thiazole rings is 1. The lowest BCUT2D eigenvalue weighted by atomic mass is 10.1. The van der Waals surface area contributed by atoms with Crippen molar-refractivity contribution in [2.24, 2.45) is 0 Å². The van der Waals surface area contributed by atoms with Gasteiger partial charge in [-0.05, 0) is 29.8 Å². The predicted octanol–water partition coefficient (Wildman–Crippen LogP) is 4.76. The van der Waals surface area contributed by atoms with E-state index in [9.17, 15) is 18.0 Å². The fourth-order valence-corrected chi connectivity index (χ4v) is 4.63. The van der Waals surface area contributed by atoms with Crippen LogP contribution in [0.15, 0.2) is 42.5 Å². The molecule has 1 saturated heterocycles. The first-order chi connectivity index (χ1) is 15.8. The van der Waals surface area contributed by atoms with Gasteiger partial charge in [-0.2, -0.15) is 0 Å². The fourth-order valence-electron chi connectivity index (χ4n) is 3.47. The van der Waals surface area contributed by atoms with Crippen LogP contribution in [0.1, 0.15) is 5.56 Å². The van der Waals surface area contributed by atoms with E-state index in [1.165, 1.54) is 18.2 Å². The third-order valence-electron chi connectivity index (χ3n) is 5.13. The van der Waals surface area contributed by atoms with Crippen LogP contribution in [0.5, 0.6) is 5.75 Å². The minimum atomic E-state index is -4.78. The van der Waals surface area contributed by atoms with Gasteiger partial charge in [-0.1, -0.05) is 35.1 Å². The third-order valence-corrected chi connectivity index (χ3v) is 6.42. The maximum absolute atomic E-state index is 13.2. The molecule has 4 rings (SSSR count). The topological polar surface area (TPSA) is 54.9 Å². The van der Waals surface area contributed by atoms with Crippen molar-refractivity contribution in [2.75, 3.05) is 44.3 Å². The molecule has 1 aliphatic rings. The maximum Gasteiger partial charge on any atom is 0.573 e. The second-order valence-corrected chi connectivity index (χ2v) is 8.92. The van der Waals surface area contributed by atoms with Gasteiger partial charge in [0.15, 0.2) is 5.13 Å². The van der Waals surface area contributed by atoms with Crippen molar-refractivity contribution >= 4 is 44.2 Å². The molecule has 0 radical (unpaired) electrons. The molecule has 1 aliphatic heterocycles. The molecule has 1 aromatic heterocycles. The van der Waals surface area contributed by atoms with Crippen LogP contribution in [0.4, 0.5) is 18.3 Å². The summed E-state index contributed by atoms with van der Waals surface area (Å²) in [5.41, 5.74) is 1.31. The highest BCUT2D eigenvalue weighted by Crippen LogP contribution is 2.33. The molecule has 1 fully saturated rings. The highest BCUT2D eigenvalue weighted by atomic mass is 35.5. The van der Waals surface area contributed by atoms with Crippen molar-refractivity contribution in [3.63, 3.8) is 0 Å². The zero-order chi connectivity index (χ0) is 23.4. The van der Waals surface area contributed by atoms with E-state index in [0.717, 1.165) is 30.0 Å². The van der Waals surface area contributed by atoms with Crippen molar-refractivity contribution in [1.82, 2.24) is 9.88 Å². The van der Waals surface area contributed by atoms with Gasteiger partial charge in [0.25, 0.3) is 0 Å². The highest BCUT2D eigenvalue weighted by molar-refractivity contribution is 7.22. The number of fused-ring (bicyclic) bond motifs is 1. The highest BCUT2D eigenvalue weighted by Gasteiger charge is 2.31. The van der Waals surface area contributed by atoms with Crippen molar-refractivity contribution in [3.8, 4) is 5.75 Å². The zero-order valence-corrected chi connectivity index (χ0v) is 19.1. The third kappa shape index (κ3) is 6.57. The van der Waals surface area contributed by atoms with Crippen LogP contribution in [-0.2, 0) is 16.0 Å². The predicted molar refractivity (Wildman–Crippen MR) is 121 cm³/mol. The number of alkyl halides is 3. The molecule has 11 heteroatoms. The summed E-state index contributed by atoms with van der Waals surface area (Å²) in [7, 11) is 0. The molecule has 3 aromatic rings. The number of carbonyl (C=O) groups excluding carboxylic acids is 1. The summed E-state index contributed by atoms with van der Waals surface area (Å²) >= 11 is 7.10. The molecule has 0 saturated carbocycles. The number of anilines is 1. The number of hydrogen-bond donors (Lipinski definition) is 0. The maximum atomic E-state index is 13.2. The summed E-state index contributed by atoms with van der Waals surface area (Å²) in [6.07, 6.45) is -4.63. The minimum absolute atomic E-state index is 0.151. The van der Waals surface area contributed by atoms with Crippen molar-refractivity contribution in [2.45, 2.75) is 12.8 Å². The van der Waals surface area contributed by atoms with E-state index in [1.807, 2.05) is 0 Å². The Labute approximate surface area is 197 Å². The zero-order valence-electron chi connectivity index (χ0n) is 17.5. The second-order valence-electron chi connectivity index (χ2n) is 7.48. The van der Waals surface area contributed by atoms with Crippen molar-refractivity contribution in [1.29, 1.82) is 0 Å². The summed E-state index contributed by atoms with van der Waals surface area (Å²) in [6, 6.07) is 11.0. The van der Waals surface area contributed by atoms with Crippen LogP contribution in [0, 0.1) is 0 Å². The van der Waals surface area contributed by atoms with Crippen LogP contribution >= 0.6 is 22.9 Å². The Hall–Kier alpha value is -2.40. The van der Waals surface area contributed by atoms with E-state index in [4.69, 9.17) is 16.3 Å². The number of carbonyl (C=O) groups is 1. The molecule has 0 unspecified atom stereocenters. The molecule has 0 N–H and O–H groups in total. The largest absolute Gasteiger partial charge is 0.573 e. The van der Waals surface area contributed by atoms with Crippen molar-refractivity contribution in [3.05, 3.63) is 53.1 Å². The van der Waals surface area contributed by atoms with Crippen LogP contribution in [-0.4, -0.2) is 61.5 Å². The van der Waals surface area contributed by atoms with Crippen LogP contribution in [0.3, 0.4) is 0 Å². The number of rotatable bonds is 7. The Kier molecular flexibility index (Phi) is 7.38. The molecule has 0 atom stereocenters. The molecule has 0 bridgehead atoms. The van der Waals surface area contributed by atoms with Gasteiger partial charge in [0.2, 0.25) is 5.91 Å². The van der Waals surface area contributed by atoms with Gasteiger partial charge in [-0.25, -0.2) is 4.98 Å². The first-order valence-electron chi connectivity index (χ1n) is 10.3. The van der Waals surface area contributed by atoms with Gasteiger partial charge >= 0.3 is 6.36 Å². The first kappa shape index (κ1) is 23.7. The number of benzene rings is 2. The number of amides is 1. The number of halogens is 4. The molecule has 2 heterocycles. The number of morpholine rings is 1. The number of aromatic nitrogens is 1. The molecule has 0 spiro atoms. The molecule has 0 aliphatic carbocycles. The van der Waals surface area contributed by atoms with E-state index in [-0.39, 0.29) is 18.1 Å². The van der Waals surface area contributed by atoms with E-state index in [0.29, 0.717) is 46.7 Å². The Morgan fingerprint density at radius 3 is 2.61 bits per heavy atom. The van der Waals surface area contributed by atoms with Gasteiger partial charge in [-0.3, -0.25) is 14.6 Å². The first-order valence-corrected chi connectivity index (χ1v) is 11.5. The van der Waals surface area contributed by atoms with Gasteiger partial charge in [-0.15, -0.1) is 13.2 Å². The number of hydrogen-bond acceptors (Lipinski definition) is 6. The smallest absolute Gasteiger partial charge is 0.406 e. The monoisotopic (exact) mass is 499 g/mol. The van der Waals surface area contributed by atoms with Gasteiger partial charge in [0, 0.05) is 37.3 Å². The second kappa shape index (κ2) is 10.3. The van der Waals surface area contributed by atoms with Crippen molar-refractivity contribution < 1.29 is 27.4 Å². The normalized spacial score (nSPS) is 15.0. The summed E-state index contributed by atoms with van der Waals surface area (Å²) < 4.78 is 47.6. The Balaban J connectivity index is 1.57. The average molecular weight is 500 g/mol. The lowest BCUT2D eigenvalue weighted by Crippen LogP contribution is -2.43. The Bertz CT molecular complexity index is 1100. The Morgan fingerprint density at radius 1 is 1.18 bits per heavy atom. The van der Waals surface area contributed by atoms with E-state index in [1.54, 1.807) is 29.2 Å². The van der Waals surface area contributed by atoms with Gasteiger partial charge in [0.05, 0.1) is 29.9 Å². The summed E-state index contributed by atoms with van der Waals surface area (Å²) in [5.74, 6) is -0.478. The fraction of sp³-hybridized carbons (Fsp3) is 0.364. The minimum Gasteiger partial charge on any atom is -0.406 e. The summed E-state index contributed by atoms with van der Waals surface area (Å²) in [4.78, 5) is 21.6. The lowest BCUT2D eigenvalue weighted by Gasteiger charge is -2.29. The van der Waals surface area contributed by atoms with E-state index < -0.39 is 6.36 Å². The SMILES string of the molecule is O=C(Cc1ccc(Cl)cc1)N(CCN1CCOCC1)c1nc2ccc(OC(F)(F)F)cc2s1. The number of ether oxygens (including phenoxy) is 2. The molecular weight excluding hydrogens is 479 g/mol. The van der Waals surface area contributed by atoms with Crippen LogP contribution in [0.25, 0.3) is 10.2 Å². The molecule has 2 aromatic carbocycles. The van der Waals surface area contributed by atoms with Crippen LogP contribution < -0.4 is 9.64 Å². The van der Waals surface area contributed by atoms with Gasteiger partial charge < -0.3 is 9.47 Å². The van der Waals surface area contributed by atoms with Crippen LogP contribution in [0.2, 0.25) is 5.02 Å². The quantitative estimate of drug-likeness (QED) is 0.469. The molecule has 1 amide bonds. The lowest BCUT2D eigenvalue weighted by molar-refractivity contribution is -0.274. The van der Waals surface area contributed by atoms with E-state index in [2.05, 4.69) is 14.6 Å². The standard InChI is InChI=1S/C22H21ClF3N3O3S/c23-16-3-1-15(2-4-16)13-20(30)29(8-7-28-9-11-31-12-10-28)21-27-18-6-5-17(14-19(18)33-21)32-22(24,25)26/h1-6,14H,7-13H2. The molecule has 6 nitrogen and oxygen atoms in total. The van der Waals surface area contributed by atoms with E-state index >= 15 is 0 Å². The average Bonchev–Trinajstić information content (AvgIpc) is 3.18.